The lowest BCUT2D eigenvalue weighted by molar-refractivity contribution is -0.150. The Hall–Kier alpha value is -1.91. The summed E-state index contributed by atoms with van der Waals surface area (Å²) < 4.78 is 0. The number of pyridine rings is 1. The number of aromatic nitrogens is 1. The monoisotopic (exact) mass is 262 g/mol. The molecule has 0 bridgehead atoms. The van der Waals surface area contributed by atoms with Crippen LogP contribution in [0.25, 0.3) is 0 Å². The molecule has 1 aliphatic heterocycles. The molecule has 19 heavy (non-hydrogen) atoms. The molecule has 1 aromatic heterocycles. The fourth-order valence-electron chi connectivity index (χ4n) is 2.44. The molecule has 1 N–H and O–H groups in total. The molecule has 0 aromatic carbocycles. The third kappa shape index (κ3) is 3.53. The number of carboxylic acids is 1. The van der Waals surface area contributed by atoms with Crippen LogP contribution >= 0.6 is 0 Å². The molecule has 0 aliphatic carbocycles. The van der Waals surface area contributed by atoms with Crippen molar-refractivity contribution < 1.29 is 14.7 Å². The van der Waals surface area contributed by atoms with E-state index in [1.807, 2.05) is 6.07 Å². The highest BCUT2D eigenvalue weighted by Crippen LogP contribution is 2.18. The first-order valence-electron chi connectivity index (χ1n) is 6.59. The average Bonchev–Trinajstić information content (AvgIpc) is 2.65. The van der Waals surface area contributed by atoms with Crippen molar-refractivity contribution >= 4 is 11.9 Å². The molecule has 5 nitrogen and oxygen atoms in total. The molecular formula is C14H18N2O3. The van der Waals surface area contributed by atoms with Crippen molar-refractivity contribution in [3.8, 4) is 0 Å². The lowest BCUT2D eigenvalue weighted by Gasteiger charge is -2.27. The van der Waals surface area contributed by atoms with Crippen LogP contribution in [0.5, 0.6) is 0 Å². The minimum atomic E-state index is -0.901. The summed E-state index contributed by atoms with van der Waals surface area (Å²) in [5.74, 6) is -1.02. The maximum Gasteiger partial charge on any atom is 0.326 e. The van der Waals surface area contributed by atoms with E-state index in [0.29, 0.717) is 13.0 Å². The summed E-state index contributed by atoms with van der Waals surface area (Å²) in [4.78, 5) is 29.0. The molecule has 0 spiro atoms. The Morgan fingerprint density at radius 2 is 2.21 bits per heavy atom. The van der Waals surface area contributed by atoms with Crippen molar-refractivity contribution in [2.75, 3.05) is 6.54 Å². The molecule has 1 fully saturated rings. The normalized spacial score (nSPS) is 19.8. The van der Waals surface area contributed by atoms with E-state index in [-0.39, 0.29) is 12.3 Å². The zero-order valence-corrected chi connectivity index (χ0v) is 10.8. The largest absolute Gasteiger partial charge is 0.480 e. The Labute approximate surface area is 112 Å². The van der Waals surface area contributed by atoms with Crippen LogP contribution in [0.3, 0.4) is 0 Å². The first kappa shape index (κ1) is 13.5. The average molecular weight is 262 g/mol. The number of aliphatic carboxylic acids is 1. The van der Waals surface area contributed by atoms with Gasteiger partial charge in [0.2, 0.25) is 5.91 Å². The van der Waals surface area contributed by atoms with Crippen LogP contribution in [0.4, 0.5) is 0 Å². The van der Waals surface area contributed by atoms with E-state index < -0.39 is 12.0 Å². The van der Waals surface area contributed by atoms with E-state index >= 15 is 0 Å². The Morgan fingerprint density at radius 3 is 2.89 bits per heavy atom. The second-order valence-electron chi connectivity index (χ2n) is 4.83. The molecule has 1 saturated heterocycles. The SMILES string of the molecule is O=C(O)C1CCCCCN1C(=O)Cc1cccnc1. The van der Waals surface area contributed by atoms with Gasteiger partial charge in [-0.25, -0.2) is 4.79 Å². The molecule has 1 aliphatic rings. The Balaban J connectivity index is 2.08. The molecule has 1 aromatic rings. The van der Waals surface area contributed by atoms with Gasteiger partial charge >= 0.3 is 5.97 Å². The Morgan fingerprint density at radius 1 is 1.37 bits per heavy atom. The van der Waals surface area contributed by atoms with Gasteiger partial charge in [0.1, 0.15) is 6.04 Å². The molecule has 5 heteroatoms. The number of carboxylic acid groups (broad SMARTS) is 1. The molecular weight excluding hydrogens is 244 g/mol. The smallest absolute Gasteiger partial charge is 0.326 e. The maximum atomic E-state index is 12.3. The van der Waals surface area contributed by atoms with Crippen molar-refractivity contribution in [3.05, 3.63) is 30.1 Å². The van der Waals surface area contributed by atoms with Crippen LogP contribution in [-0.2, 0) is 16.0 Å². The van der Waals surface area contributed by atoms with Crippen LogP contribution < -0.4 is 0 Å². The first-order valence-corrected chi connectivity index (χ1v) is 6.59. The van der Waals surface area contributed by atoms with Gasteiger partial charge in [-0.1, -0.05) is 18.9 Å². The van der Waals surface area contributed by atoms with Crippen molar-refractivity contribution in [2.45, 2.75) is 38.1 Å². The van der Waals surface area contributed by atoms with Gasteiger partial charge < -0.3 is 10.0 Å². The van der Waals surface area contributed by atoms with Crippen LogP contribution in [0.1, 0.15) is 31.2 Å². The summed E-state index contributed by atoms with van der Waals surface area (Å²) in [6.07, 6.45) is 6.80. The molecule has 2 rings (SSSR count). The molecule has 0 saturated carbocycles. The lowest BCUT2D eigenvalue weighted by Crippen LogP contribution is -2.45. The second-order valence-corrected chi connectivity index (χ2v) is 4.83. The van der Waals surface area contributed by atoms with Gasteiger partial charge in [0.05, 0.1) is 6.42 Å². The number of hydrogen-bond donors (Lipinski definition) is 1. The lowest BCUT2D eigenvalue weighted by atomic mass is 10.1. The van der Waals surface area contributed by atoms with Gasteiger partial charge in [-0.05, 0) is 24.5 Å². The van der Waals surface area contributed by atoms with E-state index in [1.54, 1.807) is 18.5 Å². The summed E-state index contributed by atoms with van der Waals surface area (Å²) in [6.45, 7) is 0.538. The van der Waals surface area contributed by atoms with Crippen LogP contribution in [0, 0.1) is 0 Å². The highest BCUT2D eigenvalue weighted by molar-refractivity contribution is 5.85. The Bertz CT molecular complexity index is 447. The molecule has 0 radical (unpaired) electrons. The van der Waals surface area contributed by atoms with Crippen molar-refractivity contribution in [1.82, 2.24) is 9.88 Å². The van der Waals surface area contributed by atoms with Crippen LogP contribution in [-0.4, -0.2) is 39.5 Å². The molecule has 1 amide bonds. The fraction of sp³-hybridized carbons (Fsp3) is 0.500. The van der Waals surface area contributed by atoms with Crippen molar-refractivity contribution in [1.29, 1.82) is 0 Å². The number of rotatable bonds is 3. The molecule has 2 heterocycles. The van der Waals surface area contributed by atoms with Gasteiger partial charge in [-0.3, -0.25) is 9.78 Å². The Kier molecular flexibility index (Phi) is 4.49. The van der Waals surface area contributed by atoms with E-state index in [2.05, 4.69) is 4.98 Å². The van der Waals surface area contributed by atoms with Gasteiger partial charge in [0.15, 0.2) is 0 Å². The standard InChI is InChI=1S/C14H18N2O3/c17-13(9-11-5-4-7-15-10-11)16-8-3-1-2-6-12(16)14(18)19/h4-5,7,10,12H,1-3,6,8-9H2,(H,18,19). The summed E-state index contributed by atoms with van der Waals surface area (Å²) in [5.41, 5.74) is 0.820. The number of likely N-dealkylation sites (tertiary alicyclic amines) is 1. The number of nitrogens with zero attached hydrogens (tertiary/aromatic N) is 2. The third-order valence-electron chi connectivity index (χ3n) is 3.44. The maximum absolute atomic E-state index is 12.3. The molecule has 102 valence electrons. The quantitative estimate of drug-likeness (QED) is 0.895. The highest BCUT2D eigenvalue weighted by Gasteiger charge is 2.30. The highest BCUT2D eigenvalue weighted by atomic mass is 16.4. The van der Waals surface area contributed by atoms with E-state index in [4.69, 9.17) is 0 Å². The topological polar surface area (TPSA) is 70.5 Å². The summed E-state index contributed by atoms with van der Waals surface area (Å²) in [7, 11) is 0. The zero-order chi connectivity index (χ0) is 13.7. The van der Waals surface area contributed by atoms with Crippen molar-refractivity contribution in [2.24, 2.45) is 0 Å². The van der Waals surface area contributed by atoms with Gasteiger partial charge in [-0.2, -0.15) is 0 Å². The number of amides is 1. The molecule has 1 atom stereocenters. The predicted octanol–water partition coefficient (Wildman–Crippen LogP) is 1.48. The summed E-state index contributed by atoms with van der Waals surface area (Å²) >= 11 is 0. The minimum Gasteiger partial charge on any atom is -0.480 e. The summed E-state index contributed by atoms with van der Waals surface area (Å²) in [6, 6.07) is 2.93. The van der Waals surface area contributed by atoms with E-state index in [9.17, 15) is 14.7 Å². The van der Waals surface area contributed by atoms with Crippen molar-refractivity contribution in [3.63, 3.8) is 0 Å². The number of carbonyl (C=O) groups is 2. The number of hydrogen-bond acceptors (Lipinski definition) is 3. The predicted molar refractivity (Wildman–Crippen MR) is 69.5 cm³/mol. The van der Waals surface area contributed by atoms with E-state index in [0.717, 1.165) is 24.8 Å². The van der Waals surface area contributed by atoms with Gasteiger partial charge in [-0.15, -0.1) is 0 Å². The second kappa shape index (κ2) is 6.31. The third-order valence-corrected chi connectivity index (χ3v) is 3.44. The molecule has 1 unspecified atom stereocenters. The zero-order valence-electron chi connectivity index (χ0n) is 10.8. The van der Waals surface area contributed by atoms with Crippen LogP contribution in [0.15, 0.2) is 24.5 Å². The van der Waals surface area contributed by atoms with Gasteiger partial charge in [0, 0.05) is 18.9 Å². The summed E-state index contributed by atoms with van der Waals surface area (Å²) in [5, 5.41) is 9.24. The van der Waals surface area contributed by atoms with Gasteiger partial charge in [0.25, 0.3) is 0 Å². The van der Waals surface area contributed by atoms with Crippen LogP contribution in [0.2, 0.25) is 0 Å². The minimum absolute atomic E-state index is 0.123. The first-order chi connectivity index (χ1) is 9.18. The number of carbonyl (C=O) groups excluding carboxylic acids is 1. The fourth-order valence-corrected chi connectivity index (χ4v) is 2.44. The van der Waals surface area contributed by atoms with E-state index in [1.165, 1.54) is 4.90 Å².